The highest BCUT2D eigenvalue weighted by Crippen LogP contribution is 2.17. The molecular weight excluding hydrogens is 220 g/mol. The van der Waals surface area contributed by atoms with Crippen molar-refractivity contribution in [1.29, 1.82) is 0 Å². The van der Waals surface area contributed by atoms with Crippen molar-refractivity contribution in [3.05, 3.63) is 29.8 Å². The molecule has 88 valence electrons. The number of amides is 1. The highest BCUT2D eigenvalue weighted by molar-refractivity contribution is 5.66. The third kappa shape index (κ3) is 3.72. The van der Waals surface area contributed by atoms with Gasteiger partial charge in [0.05, 0.1) is 0 Å². The molecule has 0 spiro atoms. The molecule has 0 unspecified atom stereocenters. The van der Waals surface area contributed by atoms with Gasteiger partial charge in [-0.05, 0) is 12.1 Å². The predicted octanol–water partition coefficient (Wildman–Crippen LogP) is 1.70. The molecule has 0 saturated carbocycles. The van der Waals surface area contributed by atoms with Gasteiger partial charge in [-0.2, -0.15) is 0 Å². The molecule has 0 aromatic heterocycles. The number of alkyl carbamates (subject to hydrolysis) is 1. The predicted molar refractivity (Wildman–Crippen MR) is 52.3 cm³/mol. The van der Waals surface area contributed by atoms with Crippen LogP contribution < -0.4 is 10.1 Å². The minimum absolute atomic E-state index is 0.00400. The van der Waals surface area contributed by atoms with Crippen LogP contribution in [0.15, 0.2) is 18.2 Å². The van der Waals surface area contributed by atoms with Crippen molar-refractivity contribution in [2.24, 2.45) is 0 Å². The van der Waals surface area contributed by atoms with E-state index in [4.69, 9.17) is 4.74 Å². The van der Waals surface area contributed by atoms with Crippen LogP contribution >= 0.6 is 0 Å². The summed E-state index contributed by atoms with van der Waals surface area (Å²) >= 11 is 0. The fourth-order valence-electron chi connectivity index (χ4n) is 0.950. The Hall–Kier alpha value is -1.85. The minimum atomic E-state index is -0.792. The van der Waals surface area contributed by atoms with E-state index >= 15 is 0 Å². The molecule has 0 aliphatic heterocycles. The molecule has 1 rings (SSSR count). The van der Waals surface area contributed by atoms with Crippen molar-refractivity contribution in [3.8, 4) is 5.75 Å². The molecule has 0 radical (unpaired) electrons. The third-order valence-electron chi connectivity index (χ3n) is 1.67. The number of halogens is 2. The summed E-state index contributed by atoms with van der Waals surface area (Å²) in [5.41, 5.74) is 0. The summed E-state index contributed by atoms with van der Waals surface area (Å²) in [5, 5.41) is 2.24. The lowest BCUT2D eigenvalue weighted by atomic mass is 10.3. The zero-order valence-corrected chi connectivity index (χ0v) is 8.63. The first-order valence-corrected chi connectivity index (χ1v) is 4.56. The molecule has 4 nitrogen and oxygen atoms in total. The average molecular weight is 231 g/mol. The second-order valence-electron chi connectivity index (χ2n) is 2.81. The molecule has 0 aliphatic rings. The van der Waals surface area contributed by atoms with Crippen LogP contribution in [0.3, 0.4) is 0 Å². The van der Waals surface area contributed by atoms with Crippen LogP contribution in [-0.4, -0.2) is 26.4 Å². The summed E-state index contributed by atoms with van der Waals surface area (Å²) < 4.78 is 35.1. The number of nitrogens with one attached hydrogen (secondary N) is 1. The van der Waals surface area contributed by atoms with Gasteiger partial charge in [-0.1, -0.05) is 0 Å². The average Bonchev–Trinajstić information content (AvgIpc) is 2.26. The Morgan fingerprint density at radius 3 is 2.75 bits per heavy atom. The van der Waals surface area contributed by atoms with Gasteiger partial charge in [-0.15, -0.1) is 0 Å². The van der Waals surface area contributed by atoms with Gasteiger partial charge in [0.2, 0.25) is 0 Å². The van der Waals surface area contributed by atoms with Gasteiger partial charge in [0.25, 0.3) is 0 Å². The topological polar surface area (TPSA) is 47.6 Å². The Balaban J connectivity index is 2.35. The quantitative estimate of drug-likeness (QED) is 0.802. The van der Waals surface area contributed by atoms with Crippen molar-refractivity contribution >= 4 is 6.09 Å². The molecule has 0 aliphatic carbocycles. The second-order valence-corrected chi connectivity index (χ2v) is 2.81. The number of rotatable bonds is 4. The SMILES string of the molecule is CNC(=O)OCCOc1ccc(F)cc1F. The Bertz CT molecular complexity index is 371. The molecule has 16 heavy (non-hydrogen) atoms. The fourth-order valence-corrected chi connectivity index (χ4v) is 0.950. The minimum Gasteiger partial charge on any atom is -0.487 e. The zero-order chi connectivity index (χ0) is 12.0. The summed E-state index contributed by atoms with van der Waals surface area (Å²) in [5.74, 6) is -1.55. The monoisotopic (exact) mass is 231 g/mol. The summed E-state index contributed by atoms with van der Waals surface area (Å²) in [4.78, 5) is 10.6. The molecule has 0 saturated heterocycles. The van der Waals surface area contributed by atoms with Crippen molar-refractivity contribution in [2.75, 3.05) is 20.3 Å². The number of benzene rings is 1. The van der Waals surface area contributed by atoms with E-state index in [1.807, 2.05) is 0 Å². The van der Waals surface area contributed by atoms with E-state index in [1.165, 1.54) is 13.1 Å². The Morgan fingerprint density at radius 1 is 1.38 bits per heavy atom. The summed E-state index contributed by atoms with van der Waals surface area (Å²) in [6, 6.07) is 2.97. The number of ether oxygens (including phenoxy) is 2. The maximum Gasteiger partial charge on any atom is 0.406 e. The smallest absolute Gasteiger partial charge is 0.406 e. The van der Waals surface area contributed by atoms with Crippen molar-refractivity contribution in [1.82, 2.24) is 5.32 Å². The van der Waals surface area contributed by atoms with Gasteiger partial charge in [0.15, 0.2) is 11.6 Å². The van der Waals surface area contributed by atoms with E-state index in [0.29, 0.717) is 0 Å². The first-order chi connectivity index (χ1) is 7.63. The fraction of sp³-hybridized carbons (Fsp3) is 0.300. The zero-order valence-electron chi connectivity index (χ0n) is 8.63. The third-order valence-corrected chi connectivity index (χ3v) is 1.67. The molecule has 0 bridgehead atoms. The van der Waals surface area contributed by atoms with Crippen LogP contribution in [0, 0.1) is 11.6 Å². The van der Waals surface area contributed by atoms with Crippen molar-refractivity contribution < 1.29 is 23.0 Å². The molecule has 0 atom stereocenters. The molecule has 1 aromatic rings. The lowest BCUT2D eigenvalue weighted by molar-refractivity contribution is 0.125. The highest BCUT2D eigenvalue weighted by atomic mass is 19.1. The van der Waals surface area contributed by atoms with Gasteiger partial charge in [0.1, 0.15) is 19.0 Å². The van der Waals surface area contributed by atoms with Crippen LogP contribution in [0.4, 0.5) is 13.6 Å². The Morgan fingerprint density at radius 2 is 2.12 bits per heavy atom. The first kappa shape index (κ1) is 12.2. The second kappa shape index (κ2) is 5.89. The molecule has 1 N–H and O–H groups in total. The molecule has 1 amide bonds. The normalized spacial score (nSPS) is 9.69. The van der Waals surface area contributed by atoms with Gasteiger partial charge in [-0.3, -0.25) is 0 Å². The maximum absolute atomic E-state index is 13.0. The van der Waals surface area contributed by atoms with Gasteiger partial charge in [0, 0.05) is 13.1 Å². The number of hydrogen-bond acceptors (Lipinski definition) is 3. The molecule has 6 heteroatoms. The lowest BCUT2D eigenvalue weighted by Crippen LogP contribution is -2.21. The summed E-state index contributed by atoms with van der Waals surface area (Å²) in [6.07, 6.45) is -0.594. The van der Waals surface area contributed by atoms with Gasteiger partial charge >= 0.3 is 6.09 Å². The van der Waals surface area contributed by atoms with E-state index in [1.54, 1.807) is 0 Å². The van der Waals surface area contributed by atoms with Gasteiger partial charge < -0.3 is 14.8 Å². The van der Waals surface area contributed by atoms with Crippen molar-refractivity contribution in [2.45, 2.75) is 0 Å². The van der Waals surface area contributed by atoms with Crippen LogP contribution in [0.1, 0.15) is 0 Å². The van der Waals surface area contributed by atoms with Crippen molar-refractivity contribution in [3.63, 3.8) is 0 Å². The lowest BCUT2D eigenvalue weighted by Gasteiger charge is -2.07. The van der Waals surface area contributed by atoms with E-state index in [0.717, 1.165) is 12.1 Å². The van der Waals surface area contributed by atoms with E-state index in [2.05, 4.69) is 10.1 Å². The van der Waals surface area contributed by atoms with E-state index in [-0.39, 0.29) is 19.0 Å². The maximum atomic E-state index is 13.0. The molecule has 0 fully saturated rings. The largest absolute Gasteiger partial charge is 0.487 e. The van der Waals surface area contributed by atoms with Crippen LogP contribution in [0.2, 0.25) is 0 Å². The van der Waals surface area contributed by atoms with Crippen LogP contribution in [0.25, 0.3) is 0 Å². The Labute approximate surface area is 91.2 Å². The number of hydrogen-bond donors (Lipinski definition) is 1. The van der Waals surface area contributed by atoms with Crippen LogP contribution in [-0.2, 0) is 4.74 Å². The van der Waals surface area contributed by atoms with Gasteiger partial charge in [-0.25, -0.2) is 13.6 Å². The number of carbonyl (C=O) groups excluding carboxylic acids is 1. The summed E-state index contributed by atoms with van der Waals surface area (Å²) in [6.45, 7) is -0.0214. The molecular formula is C10H11F2NO3. The van der Waals surface area contributed by atoms with Crippen LogP contribution in [0.5, 0.6) is 5.75 Å². The Kier molecular flexibility index (Phi) is 4.50. The highest BCUT2D eigenvalue weighted by Gasteiger charge is 2.05. The van der Waals surface area contributed by atoms with E-state index < -0.39 is 17.7 Å². The first-order valence-electron chi connectivity index (χ1n) is 4.56. The summed E-state index contributed by atoms with van der Waals surface area (Å²) in [7, 11) is 1.42. The standard InChI is InChI=1S/C10H11F2NO3/c1-13-10(14)16-5-4-15-9-3-2-7(11)6-8(9)12/h2-3,6H,4-5H2,1H3,(H,13,14). The molecule has 0 heterocycles. The molecule has 1 aromatic carbocycles. The van der Waals surface area contributed by atoms with E-state index in [9.17, 15) is 13.6 Å². The number of carbonyl (C=O) groups is 1.